The van der Waals surface area contributed by atoms with E-state index in [-0.39, 0.29) is 11.7 Å². The summed E-state index contributed by atoms with van der Waals surface area (Å²) in [7, 11) is 0. The third-order valence-electron chi connectivity index (χ3n) is 2.72. The summed E-state index contributed by atoms with van der Waals surface area (Å²) in [5, 5.41) is 18.0. The second-order valence-corrected chi connectivity index (χ2v) is 4.17. The van der Waals surface area contributed by atoms with Crippen LogP contribution in [0.4, 0.5) is 5.82 Å². The van der Waals surface area contributed by atoms with Gasteiger partial charge in [0.2, 0.25) is 0 Å². The van der Waals surface area contributed by atoms with Crippen LogP contribution in [0.1, 0.15) is 30.9 Å². The molecule has 0 fully saturated rings. The predicted octanol–water partition coefficient (Wildman–Crippen LogP) is 2.90. The van der Waals surface area contributed by atoms with E-state index in [1.165, 1.54) is 0 Å². The van der Waals surface area contributed by atoms with E-state index >= 15 is 0 Å². The molecule has 1 aromatic heterocycles. The number of aromatic amines is 1. The standard InChI is InChI=1S/C11H13N3O2/c1-6(2)9-7(3)4-5-8-10(9)11(13-12-8)14(15)16/h4-6H,1-3H3,(H,12,13). The van der Waals surface area contributed by atoms with Gasteiger partial charge in [-0.05, 0) is 35.0 Å². The Balaban J connectivity index is 2.88. The van der Waals surface area contributed by atoms with Crippen LogP contribution in [0.3, 0.4) is 0 Å². The molecule has 0 saturated carbocycles. The average molecular weight is 219 g/mol. The van der Waals surface area contributed by atoms with Crippen molar-refractivity contribution in [3.05, 3.63) is 33.4 Å². The maximum atomic E-state index is 10.9. The fraction of sp³-hybridized carbons (Fsp3) is 0.364. The van der Waals surface area contributed by atoms with Crippen molar-refractivity contribution < 1.29 is 4.92 Å². The maximum absolute atomic E-state index is 10.9. The van der Waals surface area contributed by atoms with Gasteiger partial charge < -0.3 is 10.1 Å². The molecule has 2 rings (SSSR count). The first-order chi connectivity index (χ1) is 7.52. The van der Waals surface area contributed by atoms with Gasteiger partial charge in [-0.2, -0.15) is 0 Å². The van der Waals surface area contributed by atoms with Gasteiger partial charge in [0.05, 0.1) is 0 Å². The molecule has 0 aliphatic rings. The highest BCUT2D eigenvalue weighted by atomic mass is 16.6. The van der Waals surface area contributed by atoms with E-state index in [1.807, 2.05) is 26.8 Å². The molecular weight excluding hydrogens is 206 g/mol. The summed E-state index contributed by atoms with van der Waals surface area (Å²) in [6.07, 6.45) is 0. The van der Waals surface area contributed by atoms with Gasteiger partial charge in [0, 0.05) is 0 Å². The highest BCUT2D eigenvalue weighted by Gasteiger charge is 2.21. The summed E-state index contributed by atoms with van der Waals surface area (Å²) in [4.78, 5) is 10.5. The first-order valence-corrected chi connectivity index (χ1v) is 5.14. The molecule has 5 heteroatoms. The predicted molar refractivity (Wildman–Crippen MR) is 61.6 cm³/mol. The zero-order valence-corrected chi connectivity index (χ0v) is 9.44. The summed E-state index contributed by atoms with van der Waals surface area (Å²) < 4.78 is 0. The number of hydrogen-bond acceptors (Lipinski definition) is 3. The van der Waals surface area contributed by atoms with Crippen molar-refractivity contribution >= 4 is 16.7 Å². The number of fused-ring (bicyclic) bond motifs is 1. The van der Waals surface area contributed by atoms with Crippen molar-refractivity contribution in [1.29, 1.82) is 0 Å². The number of aromatic nitrogens is 2. The Morgan fingerprint density at radius 2 is 2.12 bits per heavy atom. The molecule has 1 N–H and O–H groups in total. The van der Waals surface area contributed by atoms with E-state index in [1.54, 1.807) is 6.07 Å². The van der Waals surface area contributed by atoms with E-state index in [4.69, 9.17) is 0 Å². The van der Waals surface area contributed by atoms with Crippen LogP contribution in [0.2, 0.25) is 0 Å². The summed E-state index contributed by atoms with van der Waals surface area (Å²) in [5.41, 5.74) is 2.71. The number of benzene rings is 1. The van der Waals surface area contributed by atoms with E-state index in [0.717, 1.165) is 11.1 Å². The number of H-pyrrole nitrogens is 1. The zero-order valence-electron chi connectivity index (χ0n) is 9.44. The minimum atomic E-state index is -0.416. The van der Waals surface area contributed by atoms with Crippen LogP contribution in [-0.4, -0.2) is 15.1 Å². The first kappa shape index (κ1) is 10.6. The molecule has 0 unspecified atom stereocenters. The molecule has 0 atom stereocenters. The van der Waals surface area contributed by atoms with Crippen LogP contribution in [-0.2, 0) is 0 Å². The lowest BCUT2D eigenvalue weighted by Gasteiger charge is -2.10. The van der Waals surface area contributed by atoms with Gasteiger partial charge in [0.15, 0.2) is 0 Å². The van der Waals surface area contributed by atoms with E-state index in [2.05, 4.69) is 10.2 Å². The summed E-state index contributed by atoms with van der Waals surface area (Å²) >= 11 is 0. The van der Waals surface area contributed by atoms with Crippen molar-refractivity contribution in [2.45, 2.75) is 26.7 Å². The monoisotopic (exact) mass is 219 g/mol. The molecule has 0 aliphatic heterocycles. The minimum absolute atomic E-state index is 0.0117. The van der Waals surface area contributed by atoms with Gasteiger partial charge in [-0.1, -0.05) is 25.0 Å². The van der Waals surface area contributed by atoms with Gasteiger partial charge in [0.1, 0.15) is 10.9 Å². The van der Waals surface area contributed by atoms with Crippen molar-refractivity contribution in [1.82, 2.24) is 10.2 Å². The number of nitro groups is 1. The highest BCUT2D eigenvalue weighted by molar-refractivity contribution is 5.91. The lowest BCUT2D eigenvalue weighted by atomic mass is 9.94. The molecule has 2 aromatic rings. The molecule has 0 radical (unpaired) electrons. The molecule has 0 saturated heterocycles. The second-order valence-electron chi connectivity index (χ2n) is 4.17. The van der Waals surface area contributed by atoms with Crippen molar-refractivity contribution in [3.63, 3.8) is 0 Å². The van der Waals surface area contributed by atoms with Gasteiger partial charge >= 0.3 is 5.82 Å². The molecule has 0 spiro atoms. The molecule has 1 heterocycles. The zero-order chi connectivity index (χ0) is 11.9. The third kappa shape index (κ3) is 1.44. The van der Waals surface area contributed by atoms with Crippen molar-refractivity contribution in [3.8, 4) is 0 Å². The summed E-state index contributed by atoms with van der Waals surface area (Å²) in [6.45, 7) is 6.02. The third-order valence-corrected chi connectivity index (χ3v) is 2.72. The largest absolute Gasteiger partial charge is 0.358 e. The number of nitrogens with one attached hydrogen (secondary N) is 1. The molecule has 16 heavy (non-hydrogen) atoms. The number of nitrogens with zero attached hydrogens (tertiary/aromatic N) is 2. The number of aryl methyl sites for hydroxylation is 1. The maximum Gasteiger partial charge on any atom is 0.350 e. The van der Waals surface area contributed by atoms with Crippen LogP contribution >= 0.6 is 0 Å². The lowest BCUT2D eigenvalue weighted by molar-refractivity contribution is -0.387. The van der Waals surface area contributed by atoms with Gasteiger partial charge in [0.25, 0.3) is 0 Å². The summed E-state index contributed by atoms with van der Waals surface area (Å²) in [6, 6.07) is 3.75. The van der Waals surface area contributed by atoms with Gasteiger partial charge in [-0.15, -0.1) is 5.10 Å². The fourth-order valence-electron chi connectivity index (χ4n) is 2.10. The average Bonchev–Trinajstić information content (AvgIpc) is 2.60. The van der Waals surface area contributed by atoms with Crippen LogP contribution in [0.25, 0.3) is 10.9 Å². The molecular formula is C11H13N3O2. The molecule has 1 aromatic carbocycles. The van der Waals surface area contributed by atoms with Crippen LogP contribution in [0, 0.1) is 17.0 Å². The molecule has 5 nitrogen and oxygen atoms in total. The quantitative estimate of drug-likeness (QED) is 0.623. The second kappa shape index (κ2) is 3.59. The van der Waals surface area contributed by atoms with Crippen LogP contribution in [0.5, 0.6) is 0 Å². The Morgan fingerprint density at radius 3 is 2.69 bits per heavy atom. The molecule has 0 bridgehead atoms. The topological polar surface area (TPSA) is 71.8 Å². The molecule has 0 aliphatic carbocycles. The van der Waals surface area contributed by atoms with Crippen molar-refractivity contribution in [2.75, 3.05) is 0 Å². The fourth-order valence-corrected chi connectivity index (χ4v) is 2.10. The normalized spacial score (nSPS) is 11.2. The van der Waals surface area contributed by atoms with E-state index < -0.39 is 4.92 Å². The Morgan fingerprint density at radius 1 is 1.44 bits per heavy atom. The summed E-state index contributed by atoms with van der Waals surface area (Å²) in [5.74, 6) is 0.224. The minimum Gasteiger partial charge on any atom is -0.358 e. The SMILES string of the molecule is Cc1ccc2n[nH]c([N+](=O)[O-])c2c1C(C)C. The van der Waals surface area contributed by atoms with E-state index in [0.29, 0.717) is 10.9 Å². The lowest BCUT2D eigenvalue weighted by Crippen LogP contribution is -1.96. The number of hydrogen-bond donors (Lipinski definition) is 1. The van der Waals surface area contributed by atoms with Crippen molar-refractivity contribution in [2.24, 2.45) is 0 Å². The molecule has 0 amide bonds. The first-order valence-electron chi connectivity index (χ1n) is 5.14. The van der Waals surface area contributed by atoms with Gasteiger partial charge in [-0.25, -0.2) is 0 Å². The van der Waals surface area contributed by atoms with E-state index in [9.17, 15) is 10.1 Å². The highest BCUT2D eigenvalue weighted by Crippen LogP contribution is 2.33. The Hall–Kier alpha value is -1.91. The Bertz CT molecular complexity index is 558. The number of rotatable bonds is 2. The van der Waals surface area contributed by atoms with Crippen LogP contribution < -0.4 is 0 Å². The molecule has 84 valence electrons. The Kier molecular flexibility index (Phi) is 2.38. The van der Waals surface area contributed by atoms with Crippen LogP contribution in [0.15, 0.2) is 12.1 Å². The Labute approximate surface area is 92.6 Å². The smallest absolute Gasteiger partial charge is 0.350 e. The van der Waals surface area contributed by atoms with Gasteiger partial charge in [-0.3, -0.25) is 0 Å².